The maximum absolute atomic E-state index is 12.3. The van der Waals surface area contributed by atoms with E-state index < -0.39 is 26.4 Å². The van der Waals surface area contributed by atoms with Crippen molar-refractivity contribution in [2.75, 3.05) is 18.2 Å². The number of nitro groups is 1. The second-order valence-electron chi connectivity index (χ2n) is 5.41. The molecule has 2 aromatic carbocycles. The highest BCUT2D eigenvalue weighted by atomic mass is 32.2. The lowest BCUT2D eigenvalue weighted by molar-refractivity contribution is -0.384. The van der Waals surface area contributed by atoms with Gasteiger partial charge in [0.25, 0.3) is 5.69 Å². The van der Waals surface area contributed by atoms with Crippen LogP contribution in [0.5, 0.6) is 5.75 Å². The van der Waals surface area contributed by atoms with E-state index in [4.69, 9.17) is 4.74 Å². The quantitative estimate of drug-likeness (QED) is 0.491. The van der Waals surface area contributed by atoms with Crippen LogP contribution in [0.15, 0.2) is 47.4 Å². The molecular weight excluding hydrogens is 394 g/mol. The zero-order valence-electron chi connectivity index (χ0n) is 13.9. The van der Waals surface area contributed by atoms with Crippen LogP contribution in [-0.4, -0.2) is 37.1 Å². The van der Waals surface area contributed by atoms with Crippen molar-refractivity contribution >= 4 is 48.1 Å². The molecule has 1 N–H and O–H groups in total. The molecule has 11 heteroatoms. The summed E-state index contributed by atoms with van der Waals surface area (Å²) in [4.78, 5) is 26.5. The number of non-ortho nitro benzene ring substituents is 1. The Labute approximate surface area is 157 Å². The maximum Gasteiger partial charge on any atom is 0.271 e. The Kier molecular flexibility index (Phi) is 5.06. The Bertz CT molecular complexity index is 1120. The number of thiazole rings is 1. The van der Waals surface area contributed by atoms with E-state index in [0.29, 0.717) is 16.0 Å². The molecule has 0 saturated heterocycles. The first kappa shape index (κ1) is 18.7. The third kappa shape index (κ3) is 4.20. The van der Waals surface area contributed by atoms with Gasteiger partial charge in [-0.15, -0.1) is 0 Å². The van der Waals surface area contributed by atoms with Crippen molar-refractivity contribution in [2.24, 2.45) is 0 Å². The lowest BCUT2D eigenvalue weighted by Gasteiger charge is -2.05. The molecule has 1 aromatic heterocycles. The number of hydrogen-bond acceptors (Lipinski definition) is 8. The molecule has 0 unspecified atom stereocenters. The number of aromatic nitrogens is 1. The highest BCUT2D eigenvalue weighted by Gasteiger charge is 2.20. The molecule has 0 aliphatic heterocycles. The second kappa shape index (κ2) is 7.29. The topological polar surface area (TPSA) is 128 Å². The third-order valence-corrected chi connectivity index (χ3v) is 6.15. The van der Waals surface area contributed by atoms with Gasteiger partial charge in [-0.3, -0.25) is 14.9 Å². The number of nitrogens with zero attached hydrogens (tertiary/aromatic N) is 2. The average molecular weight is 407 g/mol. The Balaban J connectivity index is 1.74. The fourth-order valence-corrected chi connectivity index (χ4v) is 4.27. The molecule has 9 nitrogen and oxygen atoms in total. The van der Waals surface area contributed by atoms with Crippen molar-refractivity contribution in [1.29, 1.82) is 0 Å². The molecule has 1 amide bonds. The number of fused-ring (bicyclic) bond motifs is 1. The number of amides is 1. The average Bonchev–Trinajstić information content (AvgIpc) is 3.02. The summed E-state index contributed by atoms with van der Waals surface area (Å²) in [6, 6.07) is 9.84. The predicted octanol–water partition coefficient (Wildman–Crippen LogP) is 2.63. The zero-order valence-corrected chi connectivity index (χ0v) is 15.5. The van der Waals surface area contributed by atoms with Gasteiger partial charge in [0.05, 0.1) is 27.1 Å². The molecule has 3 rings (SSSR count). The largest absolute Gasteiger partial charge is 0.497 e. The van der Waals surface area contributed by atoms with Gasteiger partial charge in [-0.2, -0.15) is 0 Å². The summed E-state index contributed by atoms with van der Waals surface area (Å²) < 4.78 is 30.3. The summed E-state index contributed by atoms with van der Waals surface area (Å²) in [5.74, 6) is -1.00. The van der Waals surface area contributed by atoms with E-state index >= 15 is 0 Å². The van der Waals surface area contributed by atoms with Crippen molar-refractivity contribution in [2.45, 2.75) is 4.90 Å². The number of benzene rings is 2. The Morgan fingerprint density at radius 1 is 1.26 bits per heavy atom. The molecule has 27 heavy (non-hydrogen) atoms. The van der Waals surface area contributed by atoms with Crippen molar-refractivity contribution < 1.29 is 22.9 Å². The molecule has 3 aromatic rings. The predicted molar refractivity (Wildman–Crippen MR) is 100.0 cm³/mol. The first-order valence-corrected chi connectivity index (χ1v) is 9.97. The van der Waals surface area contributed by atoms with Crippen LogP contribution in [0.2, 0.25) is 0 Å². The van der Waals surface area contributed by atoms with E-state index in [9.17, 15) is 23.3 Å². The van der Waals surface area contributed by atoms with Crippen LogP contribution in [0, 0.1) is 10.1 Å². The number of nitrogens with one attached hydrogen (secondary N) is 1. The number of anilines is 1. The fraction of sp³-hybridized carbons (Fsp3) is 0.125. The van der Waals surface area contributed by atoms with Gasteiger partial charge in [0.2, 0.25) is 5.91 Å². The van der Waals surface area contributed by atoms with Gasteiger partial charge >= 0.3 is 0 Å². The van der Waals surface area contributed by atoms with Crippen LogP contribution in [0.3, 0.4) is 0 Å². The lowest BCUT2D eigenvalue weighted by atomic mass is 10.3. The van der Waals surface area contributed by atoms with Crippen LogP contribution in [0.4, 0.5) is 10.8 Å². The van der Waals surface area contributed by atoms with Crippen molar-refractivity contribution in [1.82, 2.24) is 4.98 Å². The van der Waals surface area contributed by atoms with Gasteiger partial charge in [-0.05, 0) is 30.3 Å². The molecule has 0 fully saturated rings. The maximum atomic E-state index is 12.3. The van der Waals surface area contributed by atoms with Gasteiger partial charge in [-0.25, -0.2) is 13.4 Å². The Hall–Kier alpha value is -3.05. The number of carbonyl (C=O) groups excluding carboxylic acids is 1. The van der Waals surface area contributed by atoms with E-state index in [0.717, 1.165) is 11.3 Å². The monoisotopic (exact) mass is 407 g/mol. The summed E-state index contributed by atoms with van der Waals surface area (Å²) in [6.45, 7) is 0. The normalized spacial score (nSPS) is 11.3. The molecule has 0 radical (unpaired) electrons. The second-order valence-corrected chi connectivity index (χ2v) is 8.43. The summed E-state index contributed by atoms with van der Waals surface area (Å²) in [6.07, 6.45) is 0. The molecule has 0 saturated carbocycles. The number of carbonyl (C=O) groups is 1. The minimum Gasteiger partial charge on any atom is -0.497 e. The number of rotatable bonds is 6. The van der Waals surface area contributed by atoms with E-state index in [2.05, 4.69) is 10.3 Å². The first-order chi connectivity index (χ1) is 12.8. The van der Waals surface area contributed by atoms with E-state index in [1.807, 2.05) is 0 Å². The summed E-state index contributed by atoms with van der Waals surface area (Å²) in [5, 5.41) is 13.4. The number of methoxy groups -OCH3 is 1. The molecule has 0 aliphatic carbocycles. The number of nitro benzene ring substituents is 1. The van der Waals surface area contributed by atoms with Crippen molar-refractivity contribution in [3.63, 3.8) is 0 Å². The van der Waals surface area contributed by atoms with Crippen molar-refractivity contribution in [3.8, 4) is 5.75 Å². The van der Waals surface area contributed by atoms with Crippen LogP contribution in [0.25, 0.3) is 10.2 Å². The Morgan fingerprint density at radius 2 is 1.96 bits per heavy atom. The molecule has 0 spiro atoms. The lowest BCUT2D eigenvalue weighted by Crippen LogP contribution is -2.22. The highest BCUT2D eigenvalue weighted by molar-refractivity contribution is 7.92. The minimum absolute atomic E-state index is 0.00150. The fourth-order valence-electron chi connectivity index (χ4n) is 2.28. The summed E-state index contributed by atoms with van der Waals surface area (Å²) >= 11 is 1.10. The van der Waals surface area contributed by atoms with Crippen molar-refractivity contribution in [3.05, 3.63) is 52.6 Å². The van der Waals surface area contributed by atoms with Gasteiger partial charge in [0.15, 0.2) is 15.0 Å². The molecule has 0 atom stereocenters. The summed E-state index contributed by atoms with van der Waals surface area (Å²) in [5.41, 5.74) is 0.232. The standard InChI is InChI=1S/C16H13N3O6S2/c1-25-11-3-5-12(6-4-11)27(23,24)9-15(20)18-16-17-13-8-10(19(21)22)2-7-14(13)26-16/h2-8H,9H2,1H3,(H,17,18,20). The molecular formula is C16H13N3O6S2. The van der Waals surface area contributed by atoms with E-state index in [1.165, 1.54) is 49.6 Å². The molecule has 1 heterocycles. The van der Waals surface area contributed by atoms with Gasteiger partial charge < -0.3 is 10.1 Å². The highest BCUT2D eigenvalue weighted by Crippen LogP contribution is 2.29. The molecule has 0 aliphatic rings. The van der Waals surface area contributed by atoms with E-state index in [1.54, 1.807) is 0 Å². The molecule has 140 valence electrons. The molecule has 0 bridgehead atoms. The van der Waals surface area contributed by atoms with Gasteiger partial charge in [-0.1, -0.05) is 11.3 Å². The van der Waals surface area contributed by atoms with Gasteiger partial charge in [0, 0.05) is 12.1 Å². The number of hydrogen-bond donors (Lipinski definition) is 1. The van der Waals surface area contributed by atoms with Crippen LogP contribution < -0.4 is 10.1 Å². The Morgan fingerprint density at radius 3 is 2.59 bits per heavy atom. The van der Waals surface area contributed by atoms with Gasteiger partial charge in [0.1, 0.15) is 11.5 Å². The third-order valence-electron chi connectivity index (χ3n) is 3.57. The first-order valence-electron chi connectivity index (χ1n) is 7.50. The van der Waals surface area contributed by atoms with Crippen LogP contribution >= 0.6 is 11.3 Å². The smallest absolute Gasteiger partial charge is 0.271 e. The number of sulfone groups is 1. The minimum atomic E-state index is -3.83. The SMILES string of the molecule is COc1ccc(S(=O)(=O)CC(=O)Nc2nc3cc([N+](=O)[O-])ccc3s2)cc1. The van der Waals surface area contributed by atoms with E-state index in [-0.39, 0.29) is 15.7 Å². The van der Waals surface area contributed by atoms with Crippen LogP contribution in [0.1, 0.15) is 0 Å². The number of ether oxygens (including phenoxy) is 1. The van der Waals surface area contributed by atoms with Crippen LogP contribution in [-0.2, 0) is 14.6 Å². The summed E-state index contributed by atoms with van der Waals surface area (Å²) in [7, 11) is -2.37. The zero-order chi connectivity index (χ0) is 19.6.